The van der Waals surface area contributed by atoms with E-state index in [1.54, 1.807) is 37.3 Å². The standard InChI is InChI=1S/C32H40FN3O7/c1-19(2)30-21(4)7-12-28(39)34-13-5-6-20(3)14-25(38)16-23(33)17-29-35-27(18-42-29)31(40)36-26(32(41)43-30)15-22-8-10-24(37)11-9-22/h5-12,14,18-19,21,23,25-26,30,37-38H,13,15-17H2,1-4H3,(H,34,39)(H,36,40)/b6-5?,12-7+,20-14?/t21-,23-,25-,26-,30-/m1/s1. The minimum absolute atomic E-state index is 0.0299. The second-order valence-corrected chi connectivity index (χ2v) is 11.0. The smallest absolute Gasteiger partial charge is 0.329 e. The monoisotopic (exact) mass is 597 g/mol. The maximum atomic E-state index is 14.7. The zero-order valence-electron chi connectivity index (χ0n) is 24.8. The first kappa shape index (κ1) is 33.3. The number of hydrogen-bond donors (Lipinski definition) is 4. The Balaban J connectivity index is 1.90. The van der Waals surface area contributed by atoms with Gasteiger partial charge in [0.25, 0.3) is 5.91 Å². The van der Waals surface area contributed by atoms with Crippen molar-refractivity contribution in [3.63, 3.8) is 0 Å². The number of fused-ring (bicyclic) bond motifs is 2. The molecule has 5 atom stereocenters. The number of oxazole rings is 1. The van der Waals surface area contributed by atoms with E-state index in [0.29, 0.717) is 11.1 Å². The SMILES string of the molecule is CC1=C[C@@H](O)C[C@@H](F)Cc2nc(co2)C(=O)N[C@H](Cc2ccc(O)cc2)C(=O)O[C@H](C(C)C)[C@H](C)/C=C/C(=O)NCC=C1. The van der Waals surface area contributed by atoms with Crippen molar-refractivity contribution in [1.82, 2.24) is 15.6 Å². The molecule has 1 aromatic heterocycles. The number of benzene rings is 1. The Morgan fingerprint density at radius 1 is 1.14 bits per heavy atom. The molecule has 3 rings (SSSR count). The third-order valence-electron chi connectivity index (χ3n) is 6.85. The van der Waals surface area contributed by atoms with Crippen LogP contribution in [0.5, 0.6) is 5.75 Å². The molecule has 43 heavy (non-hydrogen) atoms. The third-order valence-corrected chi connectivity index (χ3v) is 6.85. The van der Waals surface area contributed by atoms with Crippen LogP contribution in [0.2, 0.25) is 0 Å². The fourth-order valence-corrected chi connectivity index (χ4v) is 4.64. The number of carbonyl (C=O) groups excluding carboxylic acids is 3. The van der Waals surface area contributed by atoms with E-state index in [9.17, 15) is 29.0 Å². The maximum Gasteiger partial charge on any atom is 0.329 e. The molecule has 4 N–H and O–H groups in total. The molecule has 1 aliphatic heterocycles. The number of esters is 1. The van der Waals surface area contributed by atoms with Gasteiger partial charge in [0, 0.05) is 25.3 Å². The van der Waals surface area contributed by atoms with Crippen molar-refractivity contribution in [2.24, 2.45) is 11.8 Å². The number of halogens is 1. The van der Waals surface area contributed by atoms with Crippen LogP contribution in [0.15, 0.2) is 70.9 Å². The number of hydrogen-bond acceptors (Lipinski definition) is 8. The molecular weight excluding hydrogens is 557 g/mol. The Bertz CT molecular complexity index is 1330. The number of ether oxygens (including phenoxy) is 1. The highest BCUT2D eigenvalue weighted by Crippen LogP contribution is 2.21. The molecule has 11 heteroatoms. The van der Waals surface area contributed by atoms with Crippen LogP contribution in [-0.4, -0.2) is 63.9 Å². The summed E-state index contributed by atoms with van der Waals surface area (Å²) in [6, 6.07) is 5.05. The Morgan fingerprint density at radius 2 is 1.86 bits per heavy atom. The van der Waals surface area contributed by atoms with Gasteiger partial charge >= 0.3 is 5.97 Å². The Labute approximate surface area is 250 Å². The van der Waals surface area contributed by atoms with Gasteiger partial charge in [-0.1, -0.05) is 62.8 Å². The molecule has 2 heterocycles. The van der Waals surface area contributed by atoms with E-state index in [-0.39, 0.29) is 60.9 Å². The molecule has 10 nitrogen and oxygen atoms in total. The van der Waals surface area contributed by atoms with Crippen LogP contribution < -0.4 is 10.6 Å². The number of nitrogens with one attached hydrogen (secondary N) is 2. The van der Waals surface area contributed by atoms with Gasteiger partial charge in [-0.2, -0.15) is 0 Å². The second kappa shape index (κ2) is 15.8. The average Bonchev–Trinajstić information content (AvgIpc) is 3.41. The van der Waals surface area contributed by atoms with E-state index in [1.165, 1.54) is 24.3 Å². The first-order chi connectivity index (χ1) is 20.4. The summed E-state index contributed by atoms with van der Waals surface area (Å²) in [7, 11) is 0. The van der Waals surface area contributed by atoms with Crippen LogP contribution in [-0.2, 0) is 27.2 Å². The van der Waals surface area contributed by atoms with Crippen molar-refractivity contribution < 1.29 is 38.1 Å². The molecule has 232 valence electrons. The minimum atomic E-state index is -1.50. The highest BCUT2D eigenvalue weighted by molar-refractivity contribution is 5.95. The van der Waals surface area contributed by atoms with Gasteiger partial charge in [0.1, 0.15) is 30.3 Å². The molecule has 2 bridgehead atoms. The van der Waals surface area contributed by atoms with Gasteiger partial charge in [-0.25, -0.2) is 14.2 Å². The largest absolute Gasteiger partial charge is 0.508 e. The van der Waals surface area contributed by atoms with Crippen molar-refractivity contribution in [1.29, 1.82) is 0 Å². The van der Waals surface area contributed by atoms with Crippen molar-refractivity contribution in [3.8, 4) is 5.75 Å². The summed E-state index contributed by atoms with van der Waals surface area (Å²) >= 11 is 0. The van der Waals surface area contributed by atoms with Gasteiger partial charge in [-0.05, 0) is 36.6 Å². The third kappa shape index (κ3) is 10.8. The second-order valence-electron chi connectivity index (χ2n) is 11.0. The van der Waals surface area contributed by atoms with Gasteiger partial charge in [-0.15, -0.1) is 0 Å². The molecule has 0 saturated heterocycles. The van der Waals surface area contributed by atoms with Gasteiger partial charge in [0.2, 0.25) is 5.91 Å². The highest BCUT2D eigenvalue weighted by Gasteiger charge is 2.30. The Kier molecular flexibility index (Phi) is 12.2. The number of allylic oxidation sites excluding steroid dienone is 2. The van der Waals surface area contributed by atoms with Crippen molar-refractivity contribution in [2.45, 2.75) is 71.4 Å². The molecule has 0 aliphatic carbocycles. The van der Waals surface area contributed by atoms with Crippen molar-refractivity contribution in [3.05, 3.63) is 83.6 Å². The summed E-state index contributed by atoms with van der Waals surface area (Å²) in [5, 5.41) is 25.3. The number of aliphatic hydroxyl groups is 1. The number of aromatic nitrogens is 1. The number of carbonyl (C=O) groups is 3. The molecule has 0 unspecified atom stereocenters. The zero-order chi connectivity index (χ0) is 31.5. The van der Waals surface area contributed by atoms with Gasteiger partial charge in [0.05, 0.1) is 12.5 Å². The van der Waals surface area contributed by atoms with Crippen LogP contribution in [0.25, 0.3) is 0 Å². The number of aliphatic hydroxyl groups excluding tert-OH is 1. The summed E-state index contributed by atoms with van der Waals surface area (Å²) in [5.74, 6) is -2.19. The number of alkyl halides is 1. The molecular formula is C32H40FN3O7. The van der Waals surface area contributed by atoms with E-state index in [1.807, 2.05) is 20.8 Å². The molecule has 0 spiro atoms. The highest BCUT2D eigenvalue weighted by atomic mass is 19.1. The quantitative estimate of drug-likeness (QED) is 0.391. The molecule has 0 radical (unpaired) electrons. The summed E-state index contributed by atoms with van der Waals surface area (Å²) < 4.78 is 25.9. The van der Waals surface area contributed by atoms with E-state index in [2.05, 4.69) is 15.6 Å². The zero-order valence-corrected chi connectivity index (χ0v) is 24.8. The van der Waals surface area contributed by atoms with E-state index < -0.39 is 36.3 Å². The van der Waals surface area contributed by atoms with Crippen LogP contribution in [0.1, 0.15) is 56.1 Å². The lowest BCUT2D eigenvalue weighted by molar-refractivity contribution is -0.155. The molecule has 0 fully saturated rings. The number of amides is 2. The van der Waals surface area contributed by atoms with E-state index >= 15 is 0 Å². The lowest BCUT2D eigenvalue weighted by atomic mass is 9.94. The van der Waals surface area contributed by atoms with E-state index in [4.69, 9.17) is 9.15 Å². The molecule has 1 aliphatic rings. The number of phenols is 1. The number of aromatic hydroxyl groups is 1. The van der Waals surface area contributed by atoms with Crippen LogP contribution in [0.4, 0.5) is 4.39 Å². The molecule has 2 aromatic rings. The van der Waals surface area contributed by atoms with Gasteiger partial charge < -0.3 is 30.0 Å². The lowest BCUT2D eigenvalue weighted by Gasteiger charge is -2.28. The molecule has 1 aromatic carbocycles. The van der Waals surface area contributed by atoms with Crippen LogP contribution >= 0.6 is 0 Å². The first-order valence-electron chi connectivity index (χ1n) is 14.3. The van der Waals surface area contributed by atoms with Crippen LogP contribution in [0, 0.1) is 11.8 Å². The van der Waals surface area contributed by atoms with Gasteiger partial charge in [-0.3, -0.25) is 9.59 Å². The Hall–Kier alpha value is -4.25. The van der Waals surface area contributed by atoms with Crippen molar-refractivity contribution in [2.75, 3.05) is 6.54 Å². The number of rotatable bonds is 3. The summed E-state index contributed by atoms with van der Waals surface area (Å²) in [6.45, 7) is 7.58. The minimum Gasteiger partial charge on any atom is -0.508 e. The summed E-state index contributed by atoms with van der Waals surface area (Å²) in [6.07, 6.45) is 5.43. The first-order valence-corrected chi connectivity index (χ1v) is 14.3. The normalized spacial score (nSPS) is 25.8. The van der Waals surface area contributed by atoms with Crippen LogP contribution in [0.3, 0.4) is 0 Å². The number of phenolic OH excluding ortho intramolecular Hbond substituents is 1. The van der Waals surface area contributed by atoms with Gasteiger partial charge in [0.15, 0.2) is 11.6 Å². The summed E-state index contributed by atoms with van der Waals surface area (Å²) in [4.78, 5) is 43.1. The Morgan fingerprint density at radius 3 is 2.56 bits per heavy atom. The average molecular weight is 598 g/mol. The fraction of sp³-hybridized carbons (Fsp3) is 0.438. The van der Waals surface area contributed by atoms with E-state index in [0.717, 1.165) is 6.26 Å². The molecule has 0 saturated carbocycles. The predicted octanol–water partition coefficient (Wildman–Crippen LogP) is 3.75. The van der Waals surface area contributed by atoms with Crippen molar-refractivity contribution >= 4 is 17.8 Å². The lowest BCUT2D eigenvalue weighted by Crippen LogP contribution is -2.46. The topological polar surface area (TPSA) is 151 Å². The number of cyclic esters (lactones) is 1. The summed E-state index contributed by atoms with van der Waals surface area (Å²) in [5.41, 5.74) is 1.20. The fourth-order valence-electron chi connectivity index (χ4n) is 4.64. The number of nitrogens with zero attached hydrogens (tertiary/aromatic N) is 1. The predicted molar refractivity (Wildman–Crippen MR) is 158 cm³/mol. The molecule has 2 amide bonds. The maximum absolute atomic E-state index is 14.7.